The van der Waals surface area contributed by atoms with E-state index < -0.39 is 0 Å². The Labute approximate surface area is 214 Å². The van der Waals surface area contributed by atoms with Crippen molar-refractivity contribution in [3.63, 3.8) is 0 Å². The van der Waals surface area contributed by atoms with Gasteiger partial charge < -0.3 is 15.0 Å². The molecule has 2 fully saturated rings. The Hall–Kier alpha value is -2.90. The van der Waals surface area contributed by atoms with E-state index in [9.17, 15) is 4.79 Å². The molecule has 0 atom stereocenters. The van der Waals surface area contributed by atoms with Crippen molar-refractivity contribution in [3.8, 4) is 5.75 Å². The predicted octanol–water partition coefficient (Wildman–Crippen LogP) is 4.16. The van der Waals surface area contributed by atoms with E-state index in [0.717, 1.165) is 54.3 Å². The number of carbonyl (C=O) groups excluding carboxylic acids is 1. The molecule has 1 N–H and O–H groups in total. The zero-order valence-corrected chi connectivity index (χ0v) is 21.5. The summed E-state index contributed by atoms with van der Waals surface area (Å²) in [5.41, 5.74) is 2.74. The van der Waals surface area contributed by atoms with Crippen molar-refractivity contribution in [2.75, 3.05) is 46.4 Å². The Bertz CT molecular complexity index is 1150. The number of piperazine rings is 1. The van der Waals surface area contributed by atoms with Gasteiger partial charge in [0.25, 0.3) is 5.91 Å². The van der Waals surface area contributed by atoms with E-state index in [1.807, 2.05) is 47.3 Å². The first-order valence-corrected chi connectivity index (χ1v) is 13.5. The molecule has 0 unspecified atom stereocenters. The smallest absolute Gasteiger partial charge is 0.251 e. The van der Waals surface area contributed by atoms with Gasteiger partial charge in [0.15, 0.2) is 0 Å². The number of benzene rings is 2. The molecule has 1 amide bonds. The van der Waals surface area contributed by atoms with E-state index in [-0.39, 0.29) is 5.91 Å². The van der Waals surface area contributed by atoms with E-state index in [1.54, 1.807) is 7.11 Å². The first-order valence-electron chi connectivity index (χ1n) is 13.5. The first-order chi connectivity index (χ1) is 17.7. The molecule has 1 saturated heterocycles. The van der Waals surface area contributed by atoms with Gasteiger partial charge in [0.05, 0.1) is 25.4 Å². The van der Waals surface area contributed by atoms with E-state index in [0.29, 0.717) is 18.7 Å². The molecule has 2 heterocycles. The van der Waals surface area contributed by atoms with Crippen LogP contribution in [-0.2, 0) is 6.54 Å². The molecular formula is C29H39N5O2. The highest BCUT2D eigenvalue weighted by atomic mass is 16.5. The number of hydrogen-bond donors (Lipinski definition) is 1. The van der Waals surface area contributed by atoms with Gasteiger partial charge in [0, 0.05) is 49.7 Å². The quantitative estimate of drug-likeness (QED) is 0.457. The summed E-state index contributed by atoms with van der Waals surface area (Å²) in [6.07, 6.45) is 9.84. The minimum Gasteiger partial charge on any atom is -0.497 e. The molecule has 2 aliphatic rings. The van der Waals surface area contributed by atoms with Crippen LogP contribution in [0.5, 0.6) is 5.75 Å². The number of ether oxygens (including phenoxy) is 1. The van der Waals surface area contributed by atoms with Crippen molar-refractivity contribution in [2.45, 2.75) is 51.1 Å². The minimum atomic E-state index is -0.0202. The topological polar surface area (TPSA) is 62.6 Å². The lowest BCUT2D eigenvalue weighted by atomic mass is 9.94. The molecule has 1 saturated carbocycles. The summed E-state index contributed by atoms with van der Waals surface area (Å²) in [4.78, 5) is 18.1. The van der Waals surface area contributed by atoms with E-state index in [4.69, 9.17) is 4.74 Å². The summed E-state index contributed by atoms with van der Waals surface area (Å²) in [6, 6.07) is 14.6. The number of rotatable bonds is 9. The second kappa shape index (κ2) is 11.9. The Morgan fingerprint density at radius 2 is 1.89 bits per heavy atom. The SMILES string of the molecule is COc1cccc(Cn2ncc3ccc(C(=O)NCCCN4CCN(C5CCCCC5)CC4)cc32)c1. The van der Waals surface area contributed by atoms with Crippen LogP contribution in [0.2, 0.25) is 0 Å². The van der Waals surface area contributed by atoms with E-state index >= 15 is 0 Å². The molecule has 192 valence electrons. The Balaban J connectivity index is 1.09. The van der Waals surface area contributed by atoms with Crippen LogP contribution < -0.4 is 10.1 Å². The van der Waals surface area contributed by atoms with Gasteiger partial charge in [0.1, 0.15) is 5.75 Å². The molecule has 0 spiro atoms. The number of nitrogens with one attached hydrogen (secondary N) is 1. The fraction of sp³-hybridized carbons (Fsp3) is 0.517. The van der Waals surface area contributed by atoms with Crippen molar-refractivity contribution in [1.82, 2.24) is 24.9 Å². The molecule has 1 aliphatic carbocycles. The van der Waals surface area contributed by atoms with Gasteiger partial charge >= 0.3 is 0 Å². The van der Waals surface area contributed by atoms with Gasteiger partial charge in [-0.05, 0) is 55.6 Å². The second-order valence-corrected chi connectivity index (χ2v) is 10.2. The lowest BCUT2D eigenvalue weighted by Crippen LogP contribution is -2.51. The van der Waals surface area contributed by atoms with Crippen LogP contribution >= 0.6 is 0 Å². The van der Waals surface area contributed by atoms with Crippen molar-refractivity contribution >= 4 is 16.8 Å². The lowest BCUT2D eigenvalue weighted by molar-refractivity contribution is 0.0779. The normalized spacial score (nSPS) is 17.9. The Morgan fingerprint density at radius 1 is 1.06 bits per heavy atom. The van der Waals surface area contributed by atoms with Crippen LogP contribution in [0.15, 0.2) is 48.7 Å². The molecule has 0 radical (unpaired) electrons. The van der Waals surface area contributed by atoms with Crippen molar-refractivity contribution in [2.24, 2.45) is 0 Å². The fourth-order valence-corrected chi connectivity index (χ4v) is 5.69. The summed E-state index contributed by atoms with van der Waals surface area (Å²) in [7, 11) is 1.67. The number of amides is 1. The number of fused-ring (bicyclic) bond motifs is 1. The summed E-state index contributed by atoms with van der Waals surface area (Å²) in [5, 5.41) is 8.69. The van der Waals surface area contributed by atoms with Crippen LogP contribution in [0.3, 0.4) is 0 Å². The average Bonchev–Trinajstić information content (AvgIpc) is 3.33. The van der Waals surface area contributed by atoms with Crippen molar-refractivity contribution in [3.05, 3.63) is 59.8 Å². The molecule has 0 bridgehead atoms. The summed E-state index contributed by atoms with van der Waals surface area (Å²) in [5.74, 6) is 0.809. The number of methoxy groups -OCH3 is 1. The molecule has 2 aromatic carbocycles. The minimum absolute atomic E-state index is 0.0202. The molecule has 36 heavy (non-hydrogen) atoms. The van der Waals surface area contributed by atoms with E-state index in [1.165, 1.54) is 45.2 Å². The van der Waals surface area contributed by atoms with Crippen LogP contribution in [0.1, 0.15) is 54.4 Å². The summed E-state index contributed by atoms with van der Waals surface area (Å²) >= 11 is 0. The number of aromatic nitrogens is 2. The second-order valence-electron chi connectivity index (χ2n) is 10.2. The van der Waals surface area contributed by atoms with Crippen molar-refractivity contribution in [1.29, 1.82) is 0 Å². The van der Waals surface area contributed by atoms with Crippen LogP contribution in [0.4, 0.5) is 0 Å². The third-order valence-corrected chi connectivity index (χ3v) is 7.81. The maximum Gasteiger partial charge on any atom is 0.251 e. The molecular weight excluding hydrogens is 450 g/mol. The van der Waals surface area contributed by atoms with Crippen LogP contribution in [0, 0.1) is 0 Å². The van der Waals surface area contributed by atoms with Gasteiger partial charge in [-0.3, -0.25) is 14.4 Å². The summed E-state index contributed by atoms with van der Waals surface area (Å²) < 4.78 is 7.28. The maximum atomic E-state index is 12.9. The van der Waals surface area contributed by atoms with Gasteiger partial charge in [-0.1, -0.05) is 37.5 Å². The Morgan fingerprint density at radius 3 is 2.69 bits per heavy atom. The highest BCUT2D eigenvalue weighted by molar-refractivity contribution is 5.97. The van der Waals surface area contributed by atoms with E-state index in [2.05, 4.69) is 26.3 Å². The standard InChI is InChI=1S/C29H39N5O2/c1-36-27-10-5-7-23(19-27)22-34-28-20-24(11-12-25(28)21-31-34)29(35)30-13-6-14-32-15-17-33(18-16-32)26-8-3-2-4-9-26/h5,7,10-12,19-21,26H,2-4,6,8-9,13-18,22H2,1H3,(H,30,35). The summed E-state index contributed by atoms with van der Waals surface area (Å²) in [6.45, 7) is 7.06. The van der Waals surface area contributed by atoms with Gasteiger partial charge in [-0.2, -0.15) is 5.10 Å². The lowest BCUT2D eigenvalue weighted by Gasteiger charge is -2.40. The largest absolute Gasteiger partial charge is 0.497 e. The van der Waals surface area contributed by atoms with Gasteiger partial charge in [-0.25, -0.2) is 0 Å². The molecule has 5 rings (SSSR count). The maximum absolute atomic E-state index is 12.9. The number of hydrogen-bond acceptors (Lipinski definition) is 5. The van der Waals surface area contributed by atoms with Gasteiger partial charge in [-0.15, -0.1) is 0 Å². The molecule has 7 heteroatoms. The highest BCUT2D eigenvalue weighted by Gasteiger charge is 2.24. The van der Waals surface area contributed by atoms with Gasteiger partial charge in [0.2, 0.25) is 0 Å². The highest BCUT2D eigenvalue weighted by Crippen LogP contribution is 2.23. The fourth-order valence-electron chi connectivity index (χ4n) is 5.69. The molecule has 1 aromatic heterocycles. The van der Waals surface area contributed by atoms with Crippen LogP contribution in [0.25, 0.3) is 10.9 Å². The number of carbonyl (C=O) groups is 1. The molecule has 1 aliphatic heterocycles. The molecule has 3 aromatic rings. The third kappa shape index (κ3) is 6.08. The third-order valence-electron chi connectivity index (χ3n) is 7.81. The monoisotopic (exact) mass is 489 g/mol. The van der Waals surface area contributed by atoms with Crippen molar-refractivity contribution < 1.29 is 9.53 Å². The number of nitrogens with zero attached hydrogens (tertiary/aromatic N) is 4. The predicted molar refractivity (Wildman–Crippen MR) is 144 cm³/mol. The average molecular weight is 490 g/mol. The Kier molecular flexibility index (Phi) is 8.18. The molecule has 7 nitrogen and oxygen atoms in total. The van der Waals surface area contributed by atoms with Crippen LogP contribution in [-0.4, -0.2) is 77.9 Å². The zero-order valence-electron chi connectivity index (χ0n) is 21.5. The first kappa shape index (κ1) is 24.8. The zero-order chi connectivity index (χ0) is 24.7.